The first kappa shape index (κ1) is 45.1. The molecule has 4 rings (SSSR count). The van der Waals surface area contributed by atoms with E-state index in [9.17, 15) is 40.7 Å². The minimum Gasteiger partial charge on any atom is -0.507 e. The summed E-state index contributed by atoms with van der Waals surface area (Å²) in [6.45, 7) is 10.6. The van der Waals surface area contributed by atoms with E-state index in [1.807, 2.05) is 36.1 Å². The van der Waals surface area contributed by atoms with Gasteiger partial charge in [-0.3, -0.25) is 19.4 Å². The zero-order chi connectivity index (χ0) is 41.0. The van der Waals surface area contributed by atoms with Crippen molar-refractivity contribution in [2.75, 3.05) is 26.2 Å². The lowest BCUT2D eigenvalue weighted by molar-refractivity contribution is -0.146. The van der Waals surface area contributed by atoms with Gasteiger partial charge >= 0.3 is 18.3 Å². The highest BCUT2D eigenvalue weighted by Gasteiger charge is 2.45. The van der Waals surface area contributed by atoms with Gasteiger partial charge in [0.15, 0.2) is 0 Å². The highest BCUT2D eigenvalue weighted by atomic mass is 32.1. The number of aromatic hydroxyl groups is 1. The molecular formula is C39H49F6N3O6S. The number of aliphatic imine (C=N–C) groups is 1. The molecular weight excluding hydrogens is 752 g/mol. The number of hydrogen-bond acceptors (Lipinski definition) is 7. The summed E-state index contributed by atoms with van der Waals surface area (Å²) in [6, 6.07) is 7.88. The van der Waals surface area contributed by atoms with E-state index in [4.69, 9.17) is 14.9 Å². The number of benzene rings is 1. The van der Waals surface area contributed by atoms with Gasteiger partial charge in [-0.05, 0) is 56.4 Å². The number of piperidine rings is 2. The molecule has 2 N–H and O–H groups in total. The van der Waals surface area contributed by atoms with Crippen LogP contribution in [0.25, 0.3) is 0 Å². The predicted molar refractivity (Wildman–Crippen MR) is 198 cm³/mol. The maximum absolute atomic E-state index is 14.0. The van der Waals surface area contributed by atoms with Gasteiger partial charge in [-0.15, -0.1) is 11.3 Å². The Morgan fingerprint density at radius 3 is 2.31 bits per heavy atom. The van der Waals surface area contributed by atoms with Crippen LogP contribution in [-0.4, -0.2) is 82.5 Å². The monoisotopic (exact) mass is 801 g/mol. The predicted octanol–water partition coefficient (Wildman–Crippen LogP) is 9.17. The molecule has 16 heteroatoms. The number of halogens is 6. The number of carbonyl (C=O) groups excluding carboxylic acids is 2. The first-order chi connectivity index (χ1) is 25.8. The standard InChI is InChI=1S/C34H46F3N3O5.C5H3F3OS/c1-5-11-28-25(12-9-19-40(28)32(44)26(23-38-18-6-2)24(3)34(35,36)37)31(43)39-20-16-33(4,17-21-39)27-13-7-8-14-29(27)45-22-10-15-30(41)42;6-5(7,8)4-1-3(9)2-10-4/h7-8,13-14,18,23,25,28H,3,5-6,9-12,15-17,19-22H2,1-2,4H3,(H,41,42);1-2,9H/b26-23+,38-18?;. The Morgan fingerprint density at radius 2 is 1.76 bits per heavy atom. The number of likely N-dealkylation sites (tertiary alicyclic amines) is 2. The van der Waals surface area contributed by atoms with Crippen LogP contribution in [-0.2, 0) is 26.0 Å². The second-order valence-electron chi connectivity index (χ2n) is 13.8. The largest absolute Gasteiger partial charge is 0.507 e. The van der Waals surface area contributed by atoms with Crippen molar-refractivity contribution in [3.63, 3.8) is 0 Å². The molecule has 2 aliphatic heterocycles. The molecule has 304 valence electrons. The fourth-order valence-electron chi connectivity index (χ4n) is 6.75. The fourth-order valence-corrected chi connectivity index (χ4v) is 7.39. The number of carboxylic acids is 1. The number of thiophene rings is 1. The number of carboxylic acid groups (broad SMARTS) is 1. The van der Waals surface area contributed by atoms with Crippen LogP contribution in [0.15, 0.2) is 64.6 Å². The molecule has 55 heavy (non-hydrogen) atoms. The third kappa shape index (κ3) is 12.6. The van der Waals surface area contributed by atoms with Gasteiger partial charge < -0.3 is 24.7 Å². The first-order valence-corrected chi connectivity index (χ1v) is 19.1. The summed E-state index contributed by atoms with van der Waals surface area (Å²) in [6.07, 6.45) is -2.27. The van der Waals surface area contributed by atoms with E-state index in [2.05, 4.69) is 18.5 Å². The zero-order valence-corrected chi connectivity index (χ0v) is 32.0. The molecule has 0 aliphatic carbocycles. The van der Waals surface area contributed by atoms with E-state index in [1.54, 1.807) is 6.92 Å². The fraction of sp³-hybridized carbons (Fsp3) is 0.538. The average molecular weight is 802 g/mol. The van der Waals surface area contributed by atoms with Gasteiger partial charge in [0.2, 0.25) is 5.91 Å². The van der Waals surface area contributed by atoms with E-state index in [0.29, 0.717) is 87.6 Å². The first-order valence-electron chi connectivity index (χ1n) is 18.2. The Balaban J connectivity index is 0.000000701. The van der Waals surface area contributed by atoms with Crippen molar-refractivity contribution < 1.29 is 55.7 Å². The van der Waals surface area contributed by atoms with E-state index in [1.165, 1.54) is 11.1 Å². The van der Waals surface area contributed by atoms with Gasteiger partial charge in [-0.1, -0.05) is 52.0 Å². The Morgan fingerprint density at radius 1 is 1.09 bits per heavy atom. The van der Waals surface area contributed by atoms with Gasteiger partial charge in [-0.2, -0.15) is 26.3 Å². The lowest BCUT2D eigenvalue weighted by Gasteiger charge is -2.45. The average Bonchev–Trinajstić information content (AvgIpc) is 3.59. The highest BCUT2D eigenvalue weighted by Crippen LogP contribution is 2.42. The number of para-hydroxylation sites is 1. The van der Waals surface area contributed by atoms with Crippen LogP contribution in [0.4, 0.5) is 26.3 Å². The second kappa shape index (κ2) is 20.0. The number of nitrogens with zero attached hydrogens (tertiary/aromatic N) is 3. The molecule has 0 radical (unpaired) electrons. The smallest absolute Gasteiger partial charge is 0.425 e. The molecule has 9 nitrogen and oxygen atoms in total. The van der Waals surface area contributed by atoms with Gasteiger partial charge in [0.05, 0.1) is 23.7 Å². The molecule has 0 spiro atoms. The Kier molecular flexibility index (Phi) is 16.4. The SMILES string of the molecule is C=C(/C(=C\N=CCC)C(=O)N1CCCC(C(=O)N2CCC(C)(c3ccccc3OCCCC(=O)O)CC2)C1CCC)C(F)(F)F.Oc1csc(C(F)(F)F)c1. The van der Waals surface area contributed by atoms with E-state index in [0.717, 1.165) is 17.1 Å². The minimum absolute atomic E-state index is 0.0290. The number of hydrogen-bond donors (Lipinski definition) is 2. The lowest BCUT2D eigenvalue weighted by Crippen LogP contribution is -2.55. The van der Waals surface area contributed by atoms with Crippen LogP contribution in [0.2, 0.25) is 0 Å². The van der Waals surface area contributed by atoms with Gasteiger partial charge in [0.1, 0.15) is 16.4 Å². The van der Waals surface area contributed by atoms with Crippen LogP contribution in [0.3, 0.4) is 0 Å². The summed E-state index contributed by atoms with van der Waals surface area (Å²) < 4.78 is 82.1. The summed E-state index contributed by atoms with van der Waals surface area (Å²) >= 11 is 0.481. The van der Waals surface area contributed by atoms with E-state index >= 15 is 0 Å². The van der Waals surface area contributed by atoms with Crippen molar-refractivity contribution in [3.05, 3.63) is 70.1 Å². The van der Waals surface area contributed by atoms with Crippen molar-refractivity contribution in [1.29, 1.82) is 0 Å². The molecule has 2 fully saturated rings. The van der Waals surface area contributed by atoms with Gasteiger partial charge in [-0.25, -0.2) is 0 Å². The van der Waals surface area contributed by atoms with Gasteiger partial charge in [0, 0.05) is 61.5 Å². The number of alkyl halides is 6. The number of carbonyl (C=O) groups is 3. The molecule has 0 saturated carbocycles. The number of ether oxygens (including phenoxy) is 1. The molecule has 0 bridgehead atoms. The van der Waals surface area contributed by atoms with Crippen molar-refractivity contribution in [2.45, 2.75) is 102 Å². The van der Waals surface area contributed by atoms with Crippen LogP contribution in [0.1, 0.15) is 89.0 Å². The summed E-state index contributed by atoms with van der Waals surface area (Å²) in [5.74, 6) is -1.88. The molecule has 1 aromatic carbocycles. The number of rotatable bonds is 13. The summed E-state index contributed by atoms with van der Waals surface area (Å²) in [5, 5.41) is 18.5. The number of amides is 2. The number of aliphatic carboxylic acids is 1. The molecule has 3 heterocycles. The second-order valence-corrected chi connectivity index (χ2v) is 14.7. The summed E-state index contributed by atoms with van der Waals surface area (Å²) in [7, 11) is 0. The van der Waals surface area contributed by atoms with Crippen molar-refractivity contribution in [3.8, 4) is 11.5 Å². The quantitative estimate of drug-likeness (QED) is 0.0686. The molecule has 2 amide bonds. The van der Waals surface area contributed by atoms with Gasteiger partial charge in [0.25, 0.3) is 5.91 Å². The maximum Gasteiger partial charge on any atom is 0.425 e. The normalized spacial score (nSPS) is 19.1. The van der Waals surface area contributed by atoms with Crippen molar-refractivity contribution in [1.82, 2.24) is 9.80 Å². The van der Waals surface area contributed by atoms with Crippen molar-refractivity contribution in [2.24, 2.45) is 10.9 Å². The minimum atomic E-state index is -4.79. The molecule has 2 saturated heterocycles. The lowest BCUT2D eigenvalue weighted by atomic mass is 9.73. The molecule has 2 aliphatic rings. The van der Waals surface area contributed by atoms with Crippen LogP contribution < -0.4 is 4.74 Å². The Bertz CT molecular complexity index is 1680. The summed E-state index contributed by atoms with van der Waals surface area (Å²) in [5.41, 5.74) is -1.10. The molecule has 2 atom stereocenters. The zero-order valence-electron chi connectivity index (χ0n) is 31.2. The van der Waals surface area contributed by atoms with Crippen LogP contribution >= 0.6 is 11.3 Å². The molecule has 1 aromatic heterocycles. The van der Waals surface area contributed by atoms with Crippen LogP contribution in [0, 0.1) is 5.92 Å². The van der Waals surface area contributed by atoms with E-state index < -0.39 is 52.2 Å². The topological polar surface area (TPSA) is 120 Å². The maximum atomic E-state index is 14.0. The highest BCUT2D eigenvalue weighted by molar-refractivity contribution is 7.10. The van der Waals surface area contributed by atoms with Crippen molar-refractivity contribution >= 4 is 35.3 Å². The molecule has 2 unspecified atom stereocenters. The van der Waals surface area contributed by atoms with E-state index in [-0.39, 0.29) is 36.6 Å². The van der Waals surface area contributed by atoms with Crippen LogP contribution in [0.5, 0.6) is 11.5 Å². The third-order valence-electron chi connectivity index (χ3n) is 9.70. The Hall–Kier alpha value is -4.34. The Labute approximate surface area is 321 Å². The third-order valence-corrected chi connectivity index (χ3v) is 10.7. The summed E-state index contributed by atoms with van der Waals surface area (Å²) in [4.78, 5) is 44.9. The molecule has 2 aromatic rings.